The van der Waals surface area contributed by atoms with Crippen LogP contribution in [0.5, 0.6) is 5.75 Å². The zero-order valence-electron chi connectivity index (χ0n) is 11.9. The normalized spacial score (nSPS) is 10.1. The summed E-state index contributed by atoms with van der Waals surface area (Å²) < 4.78 is 19.5. The smallest absolute Gasteiger partial charge is 0.147 e. The Kier molecular flexibility index (Phi) is 5.30. The summed E-state index contributed by atoms with van der Waals surface area (Å²) in [6, 6.07) is 14.2. The standard InChI is InChI=1S/C17H17FN2O/c1-2-20-11-13-5-3-8-16(9-13)21-12-15-7-4-6-14(10-19)17(15)18/h3-9,20H,2,11-12H2,1H3. The van der Waals surface area contributed by atoms with Crippen LogP contribution in [0, 0.1) is 17.1 Å². The van der Waals surface area contributed by atoms with Crippen molar-refractivity contribution in [2.45, 2.75) is 20.1 Å². The minimum Gasteiger partial charge on any atom is -0.489 e. The Morgan fingerprint density at radius 3 is 2.81 bits per heavy atom. The van der Waals surface area contributed by atoms with Crippen molar-refractivity contribution in [2.24, 2.45) is 0 Å². The predicted octanol–water partition coefficient (Wildman–Crippen LogP) is 3.39. The molecule has 2 rings (SSSR count). The first-order chi connectivity index (χ1) is 10.2. The number of nitrogens with one attached hydrogen (secondary N) is 1. The number of hydrogen-bond donors (Lipinski definition) is 1. The zero-order chi connectivity index (χ0) is 15.1. The number of rotatable bonds is 6. The largest absolute Gasteiger partial charge is 0.489 e. The van der Waals surface area contributed by atoms with Gasteiger partial charge in [-0.1, -0.05) is 31.2 Å². The highest BCUT2D eigenvalue weighted by molar-refractivity contribution is 5.35. The van der Waals surface area contributed by atoms with Crippen LogP contribution in [-0.2, 0) is 13.2 Å². The molecule has 0 aromatic heterocycles. The predicted molar refractivity (Wildman–Crippen MR) is 79.3 cm³/mol. The van der Waals surface area contributed by atoms with Gasteiger partial charge in [-0.05, 0) is 30.3 Å². The van der Waals surface area contributed by atoms with E-state index < -0.39 is 5.82 Å². The average Bonchev–Trinajstić information content (AvgIpc) is 2.52. The van der Waals surface area contributed by atoms with Gasteiger partial charge in [-0.25, -0.2) is 4.39 Å². The molecule has 0 amide bonds. The Bertz CT molecular complexity index is 649. The van der Waals surface area contributed by atoms with Crippen molar-refractivity contribution >= 4 is 0 Å². The number of benzene rings is 2. The Morgan fingerprint density at radius 2 is 2.05 bits per heavy atom. The van der Waals surface area contributed by atoms with Crippen LogP contribution in [0.25, 0.3) is 0 Å². The first-order valence-corrected chi connectivity index (χ1v) is 6.84. The third kappa shape index (κ3) is 4.04. The Hall–Kier alpha value is -2.38. The van der Waals surface area contributed by atoms with Crippen molar-refractivity contribution in [1.29, 1.82) is 5.26 Å². The lowest BCUT2D eigenvalue weighted by molar-refractivity contribution is 0.299. The maximum absolute atomic E-state index is 13.9. The molecular weight excluding hydrogens is 267 g/mol. The maximum Gasteiger partial charge on any atom is 0.147 e. The summed E-state index contributed by atoms with van der Waals surface area (Å²) >= 11 is 0. The van der Waals surface area contributed by atoms with E-state index in [0.29, 0.717) is 11.3 Å². The minimum absolute atomic E-state index is 0.0389. The van der Waals surface area contributed by atoms with E-state index in [1.807, 2.05) is 37.3 Å². The molecule has 2 aromatic rings. The van der Waals surface area contributed by atoms with Gasteiger partial charge in [0, 0.05) is 12.1 Å². The van der Waals surface area contributed by atoms with Crippen molar-refractivity contribution in [1.82, 2.24) is 5.32 Å². The quantitative estimate of drug-likeness (QED) is 0.884. The number of ether oxygens (including phenoxy) is 1. The molecule has 0 atom stereocenters. The molecule has 0 bridgehead atoms. The van der Waals surface area contributed by atoms with Gasteiger partial charge in [0.05, 0.1) is 5.56 Å². The second-order valence-corrected chi connectivity index (χ2v) is 4.61. The van der Waals surface area contributed by atoms with Crippen molar-refractivity contribution in [3.05, 3.63) is 65.0 Å². The summed E-state index contributed by atoms with van der Waals surface area (Å²) in [4.78, 5) is 0. The van der Waals surface area contributed by atoms with Gasteiger partial charge in [0.15, 0.2) is 0 Å². The molecule has 0 aliphatic carbocycles. The first kappa shape index (κ1) is 15.0. The van der Waals surface area contributed by atoms with Gasteiger partial charge in [0.25, 0.3) is 0 Å². The molecule has 0 saturated heterocycles. The van der Waals surface area contributed by atoms with Crippen LogP contribution in [0.15, 0.2) is 42.5 Å². The molecule has 2 aromatic carbocycles. The van der Waals surface area contributed by atoms with Gasteiger partial charge in [0.1, 0.15) is 24.2 Å². The molecule has 21 heavy (non-hydrogen) atoms. The SMILES string of the molecule is CCNCc1cccc(OCc2cccc(C#N)c2F)c1. The van der Waals surface area contributed by atoms with Crippen LogP contribution in [0.1, 0.15) is 23.6 Å². The molecule has 0 fully saturated rings. The van der Waals surface area contributed by atoms with Crippen LogP contribution in [-0.4, -0.2) is 6.54 Å². The fourth-order valence-electron chi connectivity index (χ4n) is 1.95. The molecule has 0 saturated carbocycles. The summed E-state index contributed by atoms with van der Waals surface area (Å²) in [6.07, 6.45) is 0. The molecule has 0 radical (unpaired) electrons. The van der Waals surface area contributed by atoms with Crippen molar-refractivity contribution in [3.63, 3.8) is 0 Å². The van der Waals surface area contributed by atoms with Gasteiger partial charge < -0.3 is 10.1 Å². The maximum atomic E-state index is 13.9. The number of nitriles is 1. The molecular formula is C17H17FN2O. The molecule has 0 unspecified atom stereocenters. The summed E-state index contributed by atoms with van der Waals surface area (Å²) in [5.74, 6) is 0.177. The van der Waals surface area contributed by atoms with E-state index in [9.17, 15) is 4.39 Å². The average molecular weight is 284 g/mol. The lowest BCUT2D eigenvalue weighted by Gasteiger charge is -2.09. The topological polar surface area (TPSA) is 45.0 Å². The van der Waals surface area contributed by atoms with Crippen molar-refractivity contribution in [3.8, 4) is 11.8 Å². The molecule has 0 heterocycles. The Morgan fingerprint density at radius 1 is 1.24 bits per heavy atom. The summed E-state index contributed by atoms with van der Waals surface area (Å²) in [5.41, 5.74) is 1.53. The van der Waals surface area contributed by atoms with Crippen LogP contribution in [0.4, 0.5) is 4.39 Å². The van der Waals surface area contributed by atoms with Gasteiger partial charge in [-0.15, -0.1) is 0 Å². The zero-order valence-corrected chi connectivity index (χ0v) is 11.9. The van der Waals surface area contributed by atoms with Gasteiger partial charge >= 0.3 is 0 Å². The number of nitrogens with zero attached hydrogens (tertiary/aromatic N) is 1. The van der Waals surface area contributed by atoms with E-state index in [2.05, 4.69) is 5.32 Å². The minimum atomic E-state index is -0.510. The summed E-state index contributed by atoms with van der Waals surface area (Å²) in [6.45, 7) is 3.82. The molecule has 0 spiro atoms. The Balaban J connectivity index is 2.05. The second-order valence-electron chi connectivity index (χ2n) is 4.61. The second kappa shape index (κ2) is 7.41. The van der Waals surface area contributed by atoms with Gasteiger partial charge in [-0.3, -0.25) is 0 Å². The van der Waals surface area contributed by atoms with E-state index in [1.165, 1.54) is 6.07 Å². The van der Waals surface area contributed by atoms with Crippen LogP contribution in [0.2, 0.25) is 0 Å². The highest BCUT2D eigenvalue weighted by atomic mass is 19.1. The number of halogens is 1. The molecule has 108 valence electrons. The molecule has 4 heteroatoms. The summed E-state index contributed by atoms with van der Waals surface area (Å²) in [7, 11) is 0. The summed E-state index contributed by atoms with van der Waals surface area (Å²) in [5, 5.41) is 12.0. The first-order valence-electron chi connectivity index (χ1n) is 6.84. The lowest BCUT2D eigenvalue weighted by Crippen LogP contribution is -2.11. The van der Waals surface area contributed by atoms with E-state index >= 15 is 0 Å². The van der Waals surface area contributed by atoms with Crippen LogP contribution in [0.3, 0.4) is 0 Å². The van der Waals surface area contributed by atoms with Gasteiger partial charge in [0.2, 0.25) is 0 Å². The molecule has 0 aliphatic heterocycles. The highest BCUT2D eigenvalue weighted by Crippen LogP contribution is 2.18. The third-order valence-electron chi connectivity index (χ3n) is 3.07. The monoisotopic (exact) mass is 284 g/mol. The fraction of sp³-hybridized carbons (Fsp3) is 0.235. The van der Waals surface area contributed by atoms with E-state index in [0.717, 1.165) is 18.7 Å². The van der Waals surface area contributed by atoms with Crippen molar-refractivity contribution < 1.29 is 9.13 Å². The number of hydrogen-bond acceptors (Lipinski definition) is 3. The molecule has 1 N–H and O–H groups in total. The molecule has 0 aliphatic rings. The van der Waals surface area contributed by atoms with E-state index in [-0.39, 0.29) is 12.2 Å². The lowest BCUT2D eigenvalue weighted by atomic mass is 10.1. The molecule has 3 nitrogen and oxygen atoms in total. The van der Waals surface area contributed by atoms with Crippen molar-refractivity contribution in [2.75, 3.05) is 6.54 Å². The third-order valence-corrected chi connectivity index (χ3v) is 3.07. The van der Waals surface area contributed by atoms with E-state index in [1.54, 1.807) is 12.1 Å². The van der Waals surface area contributed by atoms with E-state index in [4.69, 9.17) is 10.00 Å². The van der Waals surface area contributed by atoms with Crippen LogP contribution >= 0.6 is 0 Å². The van der Waals surface area contributed by atoms with Crippen LogP contribution < -0.4 is 10.1 Å². The highest BCUT2D eigenvalue weighted by Gasteiger charge is 2.08. The fourth-order valence-corrected chi connectivity index (χ4v) is 1.95. The van der Waals surface area contributed by atoms with Gasteiger partial charge in [-0.2, -0.15) is 5.26 Å². The Labute approximate surface area is 124 Å².